The van der Waals surface area contributed by atoms with Gasteiger partial charge in [-0.3, -0.25) is 0 Å². The van der Waals surface area contributed by atoms with Crippen LogP contribution in [0.2, 0.25) is 5.02 Å². The lowest BCUT2D eigenvalue weighted by Gasteiger charge is -2.18. The maximum Gasteiger partial charge on any atom is 0.349 e. The van der Waals surface area contributed by atoms with Crippen LogP contribution in [0.15, 0.2) is 30.9 Å². The van der Waals surface area contributed by atoms with Crippen molar-refractivity contribution in [2.75, 3.05) is 13.7 Å². The minimum atomic E-state index is -0.975. The largest absolute Gasteiger partial charge is 0.466 e. The van der Waals surface area contributed by atoms with Crippen LogP contribution in [-0.2, 0) is 14.3 Å². The number of hydrogen-bond acceptors (Lipinski definition) is 8. The van der Waals surface area contributed by atoms with E-state index in [2.05, 4.69) is 20.1 Å². The fourth-order valence-electron chi connectivity index (χ4n) is 2.30. The van der Waals surface area contributed by atoms with Crippen LogP contribution >= 0.6 is 11.6 Å². The molecule has 0 aliphatic carbocycles. The molecule has 27 heavy (non-hydrogen) atoms. The number of nitrogens with zero attached hydrogens (tertiary/aromatic N) is 5. The molecule has 0 radical (unpaired) electrons. The van der Waals surface area contributed by atoms with Crippen LogP contribution in [0.4, 0.5) is 0 Å². The van der Waals surface area contributed by atoms with Gasteiger partial charge < -0.3 is 14.2 Å². The predicted octanol–water partition coefficient (Wildman–Crippen LogP) is 2.21. The number of hydrogen-bond donors (Lipinski definition) is 0. The Bertz CT molecular complexity index is 946. The van der Waals surface area contributed by atoms with E-state index in [0.29, 0.717) is 21.9 Å². The molecule has 0 unspecified atom stereocenters. The molecule has 3 aromatic heterocycles. The van der Waals surface area contributed by atoms with Crippen molar-refractivity contribution < 1.29 is 19.0 Å². The Morgan fingerprint density at radius 1 is 1.30 bits per heavy atom. The fraction of sp³-hybridized carbons (Fsp3) is 0.353. The van der Waals surface area contributed by atoms with Crippen LogP contribution in [0.5, 0.6) is 5.88 Å². The molecular weight excluding hydrogens is 374 g/mol. The summed E-state index contributed by atoms with van der Waals surface area (Å²) in [6.45, 7) is 3.74. The molecule has 0 amide bonds. The van der Waals surface area contributed by atoms with Gasteiger partial charge in [0.05, 0.1) is 31.0 Å². The normalized spacial score (nSPS) is 12.3. The van der Waals surface area contributed by atoms with Gasteiger partial charge in [-0.05, 0) is 26.0 Å². The highest BCUT2D eigenvalue weighted by Crippen LogP contribution is 2.26. The monoisotopic (exact) mass is 391 g/mol. The minimum absolute atomic E-state index is 0.0239. The molecule has 0 aliphatic rings. The smallest absolute Gasteiger partial charge is 0.349 e. The summed E-state index contributed by atoms with van der Waals surface area (Å²) in [5.41, 5.74) is 0.439. The maximum absolute atomic E-state index is 12.0. The SMILES string of the molecule is COC(=O)[C@H](COC(C)C)Oc1ncnc2c1cnn2-c1ncccc1Cl. The third-order valence-corrected chi connectivity index (χ3v) is 3.86. The van der Waals surface area contributed by atoms with Crippen molar-refractivity contribution in [1.82, 2.24) is 24.7 Å². The number of pyridine rings is 1. The number of halogens is 1. The molecule has 3 rings (SSSR count). The summed E-state index contributed by atoms with van der Waals surface area (Å²) in [6, 6.07) is 3.42. The van der Waals surface area contributed by atoms with Crippen molar-refractivity contribution in [3.05, 3.63) is 35.9 Å². The standard InChI is InChI=1S/C17H18ClN5O4/c1-10(2)26-8-13(17(24)25-3)27-16-11-7-22-23(14(11)20-9-21-16)15-12(18)5-4-6-19-15/h4-7,9-10,13H,8H2,1-3H3/t13-/m0/s1. The van der Waals surface area contributed by atoms with Crippen molar-refractivity contribution >= 4 is 28.6 Å². The topological polar surface area (TPSA) is 101 Å². The van der Waals surface area contributed by atoms with Gasteiger partial charge in [-0.2, -0.15) is 9.78 Å². The number of ether oxygens (including phenoxy) is 3. The van der Waals surface area contributed by atoms with E-state index in [1.165, 1.54) is 24.3 Å². The first kappa shape index (κ1) is 19.0. The molecule has 9 nitrogen and oxygen atoms in total. The van der Waals surface area contributed by atoms with Crippen LogP contribution in [-0.4, -0.2) is 56.6 Å². The van der Waals surface area contributed by atoms with Gasteiger partial charge >= 0.3 is 5.97 Å². The molecule has 0 saturated carbocycles. The van der Waals surface area contributed by atoms with Crippen LogP contribution in [0, 0.1) is 0 Å². The predicted molar refractivity (Wildman–Crippen MR) is 97.0 cm³/mol. The van der Waals surface area contributed by atoms with E-state index in [1.54, 1.807) is 18.3 Å². The van der Waals surface area contributed by atoms with Gasteiger partial charge in [-0.15, -0.1) is 0 Å². The van der Waals surface area contributed by atoms with E-state index in [-0.39, 0.29) is 18.6 Å². The third kappa shape index (κ3) is 4.15. The van der Waals surface area contributed by atoms with E-state index in [4.69, 9.17) is 25.8 Å². The number of carbonyl (C=O) groups is 1. The quantitative estimate of drug-likeness (QED) is 0.565. The van der Waals surface area contributed by atoms with Gasteiger partial charge in [0, 0.05) is 6.20 Å². The second kappa shape index (κ2) is 8.28. The molecule has 0 spiro atoms. The Hall–Kier alpha value is -2.78. The molecule has 1 atom stereocenters. The highest BCUT2D eigenvalue weighted by molar-refractivity contribution is 6.32. The number of methoxy groups -OCH3 is 1. The lowest BCUT2D eigenvalue weighted by Crippen LogP contribution is -2.34. The second-order valence-electron chi connectivity index (χ2n) is 5.79. The van der Waals surface area contributed by atoms with Crippen molar-refractivity contribution in [1.29, 1.82) is 0 Å². The summed E-state index contributed by atoms with van der Waals surface area (Å²) in [6.07, 6.45) is 3.39. The number of carbonyl (C=O) groups excluding carboxylic acids is 1. The number of fused-ring (bicyclic) bond motifs is 1. The van der Waals surface area contributed by atoms with Crippen LogP contribution in [0.25, 0.3) is 16.9 Å². The molecule has 0 aromatic carbocycles. The average molecular weight is 392 g/mol. The summed E-state index contributed by atoms with van der Waals surface area (Å²) < 4.78 is 17.5. The number of aromatic nitrogens is 5. The highest BCUT2D eigenvalue weighted by atomic mass is 35.5. The van der Waals surface area contributed by atoms with Gasteiger partial charge in [-0.1, -0.05) is 11.6 Å². The van der Waals surface area contributed by atoms with E-state index in [0.717, 1.165) is 0 Å². The van der Waals surface area contributed by atoms with Gasteiger partial charge in [-0.25, -0.2) is 19.7 Å². The van der Waals surface area contributed by atoms with Crippen LogP contribution in [0.3, 0.4) is 0 Å². The van der Waals surface area contributed by atoms with E-state index in [1.807, 2.05) is 13.8 Å². The first-order valence-electron chi connectivity index (χ1n) is 8.17. The van der Waals surface area contributed by atoms with Gasteiger partial charge in [0.15, 0.2) is 11.5 Å². The van der Waals surface area contributed by atoms with Crippen LogP contribution < -0.4 is 4.74 Å². The Balaban J connectivity index is 1.95. The molecule has 3 heterocycles. The summed E-state index contributed by atoms with van der Waals surface area (Å²) in [5, 5.41) is 5.19. The lowest BCUT2D eigenvalue weighted by molar-refractivity contribution is -0.152. The minimum Gasteiger partial charge on any atom is -0.466 e. The van der Waals surface area contributed by atoms with E-state index < -0.39 is 12.1 Å². The zero-order valence-corrected chi connectivity index (χ0v) is 15.8. The lowest BCUT2D eigenvalue weighted by atomic mass is 10.3. The van der Waals surface area contributed by atoms with Crippen molar-refractivity contribution in [2.45, 2.75) is 26.1 Å². The number of rotatable bonds is 7. The Morgan fingerprint density at radius 2 is 2.11 bits per heavy atom. The summed E-state index contributed by atoms with van der Waals surface area (Å²) in [7, 11) is 1.28. The zero-order chi connectivity index (χ0) is 19.4. The first-order chi connectivity index (χ1) is 13.0. The summed E-state index contributed by atoms with van der Waals surface area (Å²) in [5.74, 6) is 0.0371. The Morgan fingerprint density at radius 3 is 2.81 bits per heavy atom. The second-order valence-corrected chi connectivity index (χ2v) is 6.20. The first-order valence-corrected chi connectivity index (χ1v) is 8.54. The molecule has 142 valence electrons. The Labute approximate surface area is 160 Å². The molecule has 10 heteroatoms. The van der Waals surface area contributed by atoms with Crippen molar-refractivity contribution in [3.63, 3.8) is 0 Å². The Kier molecular flexibility index (Phi) is 5.82. The molecule has 0 bridgehead atoms. The molecule has 0 saturated heterocycles. The van der Waals surface area contributed by atoms with E-state index >= 15 is 0 Å². The molecule has 0 fully saturated rings. The summed E-state index contributed by atoms with van der Waals surface area (Å²) in [4.78, 5) is 24.6. The number of esters is 1. The van der Waals surface area contributed by atoms with Crippen LogP contribution in [0.1, 0.15) is 13.8 Å². The molecular formula is C17H18ClN5O4. The molecule has 0 aliphatic heterocycles. The third-order valence-electron chi connectivity index (χ3n) is 3.57. The van der Waals surface area contributed by atoms with Crippen molar-refractivity contribution in [3.8, 4) is 11.7 Å². The van der Waals surface area contributed by atoms with E-state index in [9.17, 15) is 4.79 Å². The van der Waals surface area contributed by atoms with Gasteiger partial charge in [0.25, 0.3) is 0 Å². The molecule has 0 N–H and O–H groups in total. The van der Waals surface area contributed by atoms with Crippen molar-refractivity contribution in [2.24, 2.45) is 0 Å². The van der Waals surface area contributed by atoms with Gasteiger partial charge in [0.2, 0.25) is 12.0 Å². The zero-order valence-electron chi connectivity index (χ0n) is 15.0. The fourth-order valence-corrected chi connectivity index (χ4v) is 2.50. The summed E-state index contributed by atoms with van der Waals surface area (Å²) >= 11 is 6.20. The van der Waals surface area contributed by atoms with Gasteiger partial charge in [0.1, 0.15) is 11.7 Å². The molecule has 3 aromatic rings. The maximum atomic E-state index is 12.0. The average Bonchev–Trinajstić information content (AvgIpc) is 3.09. The highest BCUT2D eigenvalue weighted by Gasteiger charge is 2.25.